The third kappa shape index (κ3) is 4.66. The van der Waals surface area contributed by atoms with Gasteiger partial charge in [0.2, 0.25) is 11.8 Å². The number of nitrogens with one attached hydrogen (secondary N) is 1. The molecule has 4 rings (SSSR count). The summed E-state index contributed by atoms with van der Waals surface area (Å²) >= 11 is 18.4. The fourth-order valence-corrected chi connectivity index (χ4v) is 3.66. The largest absolute Gasteiger partial charge is 0.495 e. The monoisotopic (exact) mass is 473 g/mol. The molecule has 0 aliphatic rings. The van der Waals surface area contributed by atoms with Gasteiger partial charge in [-0.15, -0.1) is 0 Å². The molecular weight excluding hydrogens is 461 g/mol. The molecule has 0 unspecified atom stereocenters. The maximum atomic E-state index is 12.5. The molecule has 2 aromatic heterocycles. The number of hydrogen-bond acceptors (Lipinski definition) is 5. The molecule has 2 aromatic carbocycles. The van der Waals surface area contributed by atoms with Crippen molar-refractivity contribution in [3.8, 4) is 17.2 Å². The van der Waals surface area contributed by atoms with Gasteiger partial charge in [0.1, 0.15) is 5.75 Å². The predicted molar refractivity (Wildman–Crippen MR) is 123 cm³/mol. The van der Waals surface area contributed by atoms with Crippen molar-refractivity contribution in [2.45, 2.75) is 0 Å². The van der Waals surface area contributed by atoms with Crippen molar-refractivity contribution in [1.82, 2.24) is 9.97 Å². The third-order valence-electron chi connectivity index (χ3n) is 4.29. The lowest BCUT2D eigenvalue weighted by Crippen LogP contribution is -2.08. The Morgan fingerprint density at radius 2 is 1.97 bits per heavy atom. The van der Waals surface area contributed by atoms with E-state index in [4.69, 9.17) is 44.0 Å². The van der Waals surface area contributed by atoms with Crippen LogP contribution in [0.2, 0.25) is 15.1 Å². The van der Waals surface area contributed by atoms with Crippen molar-refractivity contribution in [2.75, 3.05) is 12.4 Å². The van der Waals surface area contributed by atoms with Crippen LogP contribution in [0.5, 0.6) is 5.75 Å². The number of pyridine rings is 1. The highest BCUT2D eigenvalue weighted by Crippen LogP contribution is 2.33. The van der Waals surface area contributed by atoms with E-state index in [0.29, 0.717) is 54.8 Å². The minimum absolute atomic E-state index is 0.346. The van der Waals surface area contributed by atoms with E-state index in [1.54, 1.807) is 54.7 Å². The molecule has 0 aliphatic heterocycles. The highest BCUT2D eigenvalue weighted by molar-refractivity contribution is 6.36. The molecule has 6 nitrogen and oxygen atoms in total. The van der Waals surface area contributed by atoms with Crippen LogP contribution in [0.15, 0.2) is 59.2 Å². The summed E-state index contributed by atoms with van der Waals surface area (Å²) in [6.45, 7) is 0. The summed E-state index contributed by atoms with van der Waals surface area (Å²) in [6.07, 6.45) is 4.52. The maximum Gasteiger partial charge on any atom is 0.248 e. The van der Waals surface area contributed by atoms with Gasteiger partial charge < -0.3 is 14.5 Å². The first kappa shape index (κ1) is 21.2. The minimum Gasteiger partial charge on any atom is -0.495 e. The molecule has 0 saturated carbocycles. The maximum absolute atomic E-state index is 12.5. The number of carbonyl (C=O) groups is 1. The van der Waals surface area contributed by atoms with Gasteiger partial charge in [-0.1, -0.05) is 34.8 Å². The van der Waals surface area contributed by atoms with Gasteiger partial charge in [-0.3, -0.25) is 4.79 Å². The second kappa shape index (κ2) is 8.98. The van der Waals surface area contributed by atoms with E-state index in [-0.39, 0.29) is 0 Å². The molecule has 0 atom stereocenters. The van der Waals surface area contributed by atoms with Gasteiger partial charge in [-0.25, -0.2) is 4.98 Å². The second-order valence-corrected chi connectivity index (χ2v) is 7.62. The van der Waals surface area contributed by atoms with E-state index in [1.165, 1.54) is 13.2 Å². The van der Waals surface area contributed by atoms with Gasteiger partial charge in [0.15, 0.2) is 11.2 Å². The van der Waals surface area contributed by atoms with E-state index in [2.05, 4.69) is 15.3 Å². The Morgan fingerprint density at radius 1 is 1.13 bits per heavy atom. The molecule has 0 aliphatic carbocycles. The van der Waals surface area contributed by atoms with Crippen molar-refractivity contribution in [3.63, 3.8) is 0 Å². The third-order valence-corrected chi connectivity index (χ3v) is 5.12. The Morgan fingerprint density at radius 3 is 2.74 bits per heavy atom. The Balaban J connectivity index is 1.57. The number of aromatic nitrogens is 2. The van der Waals surface area contributed by atoms with E-state index in [9.17, 15) is 4.79 Å². The van der Waals surface area contributed by atoms with Crippen LogP contribution in [0.1, 0.15) is 5.56 Å². The van der Waals surface area contributed by atoms with Crippen molar-refractivity contribution in [1.29, 1.82) is 0 Å². The smallest absolute Gasteiger partial charge is 0.248 e. The molecule has 1 amide bonds. The minimum atomic E-state index is -0.406. The lowest BCUT2D eigenvalue weighted by Gasteiger charge is -2.08. The molecule has 0 fully saturated rings. The average Bonchev–Trinajstić information content (AvgIpc) is 3.18. The quantitative estimate of drug-likeness (QED) is 0.334. The van der Waals surface area contributed by atoms with Crippen LogP contribution in [0.4, 0.5) is 5.69 Å². The molecule has 0 radical (unpaired) electrons. The number of carbonyl (C=O) groups excluding carboxylic acids is 1. The fourth-order valence-electron chi connectivity index (χ4n) is 2.91. The Bertz CT molecular complexity index is 1290. The lowest BCUT2D eigenvalue weighted by molar-refractivity contribution is -0.111. The molecule has 4 aromatic rings. The van der Waals surface area contributed by atoms with Crippen LogP contribution < -0.4 is 10.1 Å². The van der Waals surface area contributed by atoms with Gasteiger partial charge in [0.25, 0.3) is 0 Å². The fraction of sp³-hybridized carbons (Fsp3) is 0.0455. The Kier molecular flexibility index (Phi) is 6.13. The normalized spacial score (nSPS) is 11.2. The first-order chi connectivity index (χ1) is 14.9. The highest BCUT2D eigenvalue weighted by atomic mass is 35.5. The number of ether oxygens (including phenoxy) is 1. The summed E-state index contributed by atoms with van der Waals surface area (Å²) in [6, 6.07) is 11.8. The number of halogens is 3. The zero-order valence-electron chi connectivity index (χ0n) is 16.0. The first-order valence-corrected chi connectivity index (χ1v) is 10.1. The van der Waals surface area contributed by atoms with Crippen LogP contribution in [0, 0.1) is 0 Å². The van der Waals surface area contributed by atoms with Crippen LogP contribution >= 0.6 is 34.8 Å². The van der Waals surface area contributed by atoms with Gasteiger partial charge in [-0.05, 0) is 48.5 Å². The van der Waals surface area contributed by atoms with Crippen LogP contribution in [-0.4, -0.2) is 23.0 Å². The summed E-state index contributed by atoms with van der Waals surface area (Å²) in [7, 11) is 1.49. The van der Waals surface area contributed by atoms with Crippen LogP contribution in [0.3, 0.4) is 0 Å². The van der Waals surface area contributed by atoms with Gasteiger partial charge in [-0.2, -0.15) is 4.98 Å². The number of rotatable bonds is 5. The van der Waals surface area contributed by atoms with Gasteiger partial charge in [0, 0.05) is 28.4 Å². The number of fused-ring (bicyclic) bond motifs is 1. The second-order valence-electron chi connectivity index (χ2n) is 6.37. The summed E-state index contributed by atoms with van der Waals surface area (Å²) in [5.41, 5.74) is 2.67. The van der Waals surface area contributed by atoms with E-state index in [0.717, 1.165) is 0 Å². The van der Waals surface area contributed by atoms with E-state index in [1.807, 2.05) is 0 Å². The van der Waals surface area contributed by atoms with Gasteiger partial charge in [0.05, 0.1) is 22.8 Å². The molecule has 0 spiro atoms. The van der Waals surface area contributed by atoms with Crippen LogP contribution in [-0.2, 0) is 4.79 Å². The van der Waals surface area contributed by atoms with Crippen molar-refractivity contribution < 1.29 is 13.9 Å². The Labute approximate surface area is 192 Å². The first-order valence-electron chi connectivity index (χ1n) is 8.98. The highest BCUT2D eigenvalue weighted by Gasteiger charge is 2.13. The van der Waals surface area contributed by atoms with Crippen LogP contribution in [0.25, 0.3) is 28.8 Å². The molecule has 9 heteroatoms. The molecule has 1 N–H and O–H groups in total. The topological polar surface area (TPSA) is 77.2 Å². The van der Waals surface area contributed by atoms with E-state index < -0.39 is 5.91 Å². The number of amides is 1. The summed E-state index contributed by atoms with van der Waals surface area (Å²) in [5.74, 6) is 0.380. The molecule has 0 saturated heterocycles. The molecule has 0 bridgehead atoms. The SMILES string of the molecule is COc1c(Cl)cc(Cl)cc1/C=C/C(=O)Nc1cc(-c2nc3ncccc3o2)ccc1Cl. The average molecular weight is 475 g/mol. The van der Waals surface area contributed by atoms with Gasteiger partial charge >= 0.3 is 0 Å². The lowest BCUT2D eigenvalue weighted by atomic mass is 10.1. The van der Waals surface area contributed by atoms with Crippen molar-refractivity contribution in [2.24, 2.45) is 0 Å². The Hall–Kier alpha value is -3.06. The number of hydrogen-bond donors (Lipinski definition) is 1. The summed E-state index contributed by atoms with van der Waals surface area (Å²) in [4.78, 5) is 21.0. The number of anilines is 1. The van der Waals surface area contributed by atoms with Crippen molar-refractivity contribution in [3.05, 3.63) is 75.4 Å². The van der Waals surface area contributed by atoms with E-state index >= 15 is 0 Å². The number of methoxy groups -OCH3 is 1. The zero-order chi connectivity index (χ0) is 22.0. The predicted octanol–water partition coefficient (Wildman–Crippen LogP) is 6.51. The standard InChI is InChI=1S/C22H14Cl3N3O3/c1-30-20-12(9-14(23)11-16(20)25)5-7-19(29)27-17-10-13(4-6-15(17)24)22-28-21-18(31-22)3-2-8-26-21/h2-11H,1H3,(H,27,29)/b7-5+. The summed E-state index contributed by atoms with van der Waals surface area (Å²) < 4.78 is 11.0. The van der Waals surface area contributed by atoms with Crippen molar-refractivity contribution >= 4 is 63.7 Å². The molecular formula is C22H14Cl3N3O3. The molecule has 2 heterocycles. The number of nitrogens with zero attached hydrogens (tertiary/aromatic N) is 2. The summed E-state index contributed by atoms with van der Waals surface area (Å²) in [5, 5.41) is 3.88. The number of benzene rings is 2. The molecule has 31 heavy (non-hydrogen) atoms. The zero-order valence-corrected chi connectivity index (χ0v) is 18.3. The number of oxazole rings is 1. The molecule has 156 valence electrons.